The highest BCUT2D eigenvalue weighted by atomic mass is 32.2. The van der Waals surface area contributed by atoms with E-state index in [0.717, 1.165) is 40.8 Å². The molecule has 9 heteroatoms. The fraction of sp³-hybridized carbons (Fsp3) is 0.120. The zero-order valence-electron chi connectivity index (χ0n) is 18.2. The van der Waals surface area contributed by atoms with Crippen molar-refractivity contribution in [2.24, 2.45) is 7.05 Å². The van der Waals surface area contributed by atoms with Crippen LogP contribution in [0, 0.1) is 0 Å². The van der Waals surface area contributed by atoms with E-state index in [2.05, 4.69) is 27.5 Å². The molecule has 4 N–H and O–H groups in total. The number of imidazole rings is 1. The molecule has 5 aromatic rings. The highest BCUT2D eigenvalue weighted by molar-refractivity contribution is 7.79. The molecule has 170 valence electrons. The molecule has 0 aliphatic carbocycles. The highest BCUT2D eigenvalue weighted by Crippen LogP contribution is 2.38. The standard InChI is InChI=1S/C25H21N5O3S/c1-30-23(25-27-20-10-17-12-26-13-18(17)11-21(20)28-25)24(31)22(29-30)16-4-2-14(3-5-16)15-6-8-19(9-7-15)34(32)33/h2-11,26,31H,12-13H2,1H3,(H,27,28)(H,32,33). The van der Waals surface area contributed by atoms with Gasteiger partial charge in [-0.15, -0.1) is 0 Å². The molecule has 1 aliphatic rings. The molecular weight excluding hydrogens is 450 g/mol. The molecule has 0 amide bonds. The van der Waals surface area contributed by atoms with Crippen molar-refractivity contribution in [3.8, 4) is 39.7 Å². The number of fused-ring (bicyclic) bond motifs is 2. The fourth-order valence-electron chi connectivity index (χ4n) is 4.48. The lowest BCUT2D eigenvalue weighted by atomic mass is 10.0. The largest absolute Gasteiger partial charge is 0.504 e. The van der Waals surface area contributed by atoms with E-state index in [4.69, 9.17) is 4.98 Å². The van der Waals surface area contributed by atoms with Crippen LogP contribution in [0.15, 0.2) is 65.6 Å². The first-order valence-electron chi connectivity index (χ1n) is 10.8. The van der Waals surface area contributed by atoms with Crippen LogP contribution in [0.1, 0.15) is 11.1 Å². The molecule has 1 atom stereocenters. The number of aromatic amines is 1. The van der Waals surface area contributed by atoms with Crippen molar-refractivity contribution in [2.75, 3.05) is 0 Å². The average Bonchev–Trinajstić information content (AvgIpc) is 3.53. The summed E-state index contributed by atoms with van der Waals surface area (Å²) in [4.78, 5) is 8.41. The molecule has 0 bridgehead atoms. The Kier molecular flexibility index (Phi) is 4.84. The summed E-state index contributed by atoms with van der Waals surface area (Å²) in [7, 11) is 1.79. The van der Waals surface area contributed by atoms with E-state index in [9.17, 15) is 13.9 Å². The highest BCUT2D eigenvalue weighted by Gasteiger charge is 2.22. The number of benzene rings is 3. The van der Waals surface area contributed by atoms with Gasteiger partial charge in [0.25, 0.3) is 0 Å². The Morgan fingerprint density at radius 2 is 1.56 bits per heavy atom. The van der Waals surface area contributed by atoms with Crippen molar-refractivity contribution in [2.45, 2.75) is 18.0 Å². The van der Waals surface area contributed by atoms with Crippen LogP contribution in [0.3, 0.4) is 0 Å². The van der Waals surface area contributed by atoms with Crippen molar-refractivity contribution in [3.63, 3.8) is 0 Å². The second-order valence-corrected chi connectivity index (χ2v) is 9.32. The lowest BCUT2D eigenvalue weighted by Gasteiger charge is -2.04. The minimum atomic E-state index is -2.00. The van der Waals surface area contributed by atoms with Gasteiger partial charge in [0.05, 0.1) is 15.9 Å². The zero-order chi connectivity index (χ0) is 23.4. The average molecular weight is 472 g/mol. The molecule has 34 heavy (non-hydrogen) atoms. The Labute approximate surface area is 197 Å². The number of nitrogens with zero attached hydrogens (tertiary/aromatic N) is 3. The minimum Gasteiger partial charge on any atom is -0.504 e. The molecule has 0 saturated heterocycles. The molecule has 1 unspecified atom stereocenters. The van der Waals surface area contributed by atoms with E-state index in [1.807, 2.05) is 36.4 Å². The molecule has 0 fully saturated rings. The first kappa shape index (κ1) is 20.8. The maximum absolute atomic E-state index is 11.2. The summed E-state index contributed by atoms with van der Waals surface area (Å²) in [6.45, 7) is 1.69. The third-order valence-corrected chi connectivity index (χ3v) is 6.90. The van der Waals surface area contributed by atoms with Crippen LogP contribution in [-0.2, 0) is 31.2 Å². The summed E-state index contributed by atoms with van der Waals surface area (Å²) in [6, 6.07) is 18.7. The topological polar surface area (TPSA) is 116 Å². The van der Waals surface area contributed by atoms with Crippen LogP contribution < -0.4 is 5.32 Å². The van der Waals surface area contributed by atoms with Gasteiger partial charge in [0, 0.05) is 25.7 Å². The summed E-state index contributed by atoms with van der Waals surface area (Å²) in [6.07, 6.45) is 0. The van der Waals surface area contributed by atoms with Crippen molar-refractivity contribution < 1.29 is 13.9 Å². The lowest BCUT2D eigenvalue weighted by molar-refractivity contribution is 0.478. The van der Waals surface area contributed by atoms with Gasteiger partial charge in [-0.25, -0.2) is 9.19 Å². The number of nitrogens with one attached hydrogen (secondary N) is 2. The van der Waals surface area contributed by atoms with Gasteiger partial charge < -0.3 is 20.0 Å². The molecule has 1 aliphatic heterocycles. The van der Waals surface area contributed by atoms with E-state index >= 15 is 0 Å². The van der Waals surface area contributed by atoms with Crippen molar-refractivity contribution in [1.29, 1.82) is 0 Å². The Balaban J connectivity index is 1.34. The van der Waals surface area contributed by atoms with E-state index in [1.165, 1.54) is 11.1 Å². The number of H-pyrrole nitrogens is 1. The third-order valence-electron chi connectivity index (χ3n) is 6.23. The van der Waals surface area contributed by atoms with Gasteiger partial charge in [0.2, 0.25) is 0 Å². The molecule has 0 radical (unpaired) electrons. The third kappa shape index (κ3) is 3.41. The van der Waals surface area contributed by atoms with Crippen LogP contribution >= 0.6 is 0 Å². The quantitative estimate of drug-likeness (QED) is 0.292. The summed E-state index contributed by atoms with van der Waals surface area (Å²) in [5, 5.41) is 19.0. The SMILES string of the molecule is Cn1nc(-c2ccc(-c3ccc(S(=O)O)cc3)cc2)c(O)c1-c1nc2cc3c(cc2[nH]1)CNC3. The maximum atomic E-state index is 11.2. The number of aromatic nitrogens is 4. The zero-order valence-corrected chi connectivity index (χ0v) is 19.1. The van der Waals surface area contributed by atoms with Crippen LogP contribution in [0.2, 0.25) is 0 Å². The summed E-state index contributed by atoms with van der Waals surface area (Å²) >= 11 is -2.00. The number of hydrogen-bond donors (Lipinski definition) is 4. The first-order valence-corrected chi connectivity index (χ1v) is 11.9. The van der Waals surface area contributed by atoms with Crippen molar-refractivity contribution in [3.05, 3.63) is 71.8 Å². The van der Waals surface area contributed by atoms with Gasteiger partial charge in [0.1, 0.15) is 11.4 Å². The number of aryl methyl sites for hydroxylation is 1. The summed E-state index contributed by atoms with van der Waals surface area (Å²) in [5.74, 6) is 0.640. The van der Waals surface area contributed by atoms with Crippen LogP contribution in [0.4, 0.5) is 0 Å². The van der Waals surface area contributed by atoms with Gasteiger partial charge in [0.15, 0.2) is 22.7 Å². The van der Waals surface area contributed by atoms with Crippen LogP contribution in [0.25, 0.3) is 44.9 Å². The molecule has 3 aromatic carbocycles. The Bertz CT molecular complexity index is 1530. The second-order valence-electron chi connectivity index (χ2n) is 8.35. The smallest absolute Gasteiger partial charge is 0.186 e. The molecule has 0 saturated carbocycles. The van der Waals surface area contributed by atoms with E-state index in [0.29, 0.717) is 22.1 Å². The second kappa shape index (κ2) is 7.91. The van der Waals surface area contributed by atoms with Gasteiger partial charge in [-0.2, -0.15) is 5.10 Å². The predicted molar refractivity (Wildman–Crippen MR) is 130 cm³/mol. The maximum Gasteiger partial charge on any atom is 0.186 e. The first-order chi connectivity index (χ1) is 16.5. The Hall–Kier alpha value is -3.79. The molecular formula is C25H21N5O3S. The molecule has 3 heterocycles. The van der Waals surface area contributed by atoms with Gasteiger partial charge >= 0.3 is 0 Å². The molecule has 8 nitrogen and oxygen atoms in total. The van der Waals surface area contributed by atoms with E-state index < -0.39 is 11.1 Å². The van der Waals surface area contributed by atoms with E-state index in [-0.39, 0.29) is 5.75 Å². The lowest BCUT2D eigenvalue weighted by Crippen LogP contribution is -1.99. The summed E-state index contributed by atoms with van der Waals surface area (Å²) < 4.78 is 22.0. The van der Waals surface area contributed by atoms with Gasteiger partial charge in [-0.05, 0) is 46.5 Å². The molecule has 0 spiro atoms. The fourth-order valence-corrected chi connectivity index (χ4v) is 4.84. The predicted octanol–water partition coefficient (Wildman–Crippen LogP) is 4.19. The molecule has 6 rings (SSSR count). The monoisotopic (exact) mass is 471 g/mol. The number of rotatable bonds is 4. The van der Waals surface area contributed by atoms with Crippen molar-refractivity contribution in [1.82, 2.24) is 25.1 Å². The van der Waals surface area contributed by atoms with Gasteiger partial charge in [-0.3, -0.25) is 4.68 Å². The normalized spacial score (nSPS) is 13.9. The van der Waals surface area contributed by atoms with Crippen LogP contribution in [0.5, 0.6) is 5.75 Å². The molecule has 2 aromatic heterocycles. The number of hydrogen-bond acceptors (Lipinski definition) is 5. The number of aromatic hydroxyl groups is 1. The summed E-state index contributed by atoms with van der Waals surface area (Å²) in [5.41, 5.74) is 7.96. The van der Waals surface area contributed by atoms with Gasteiger partial charge in [-0.1, -0.05) is 36.4 Å². The Morgan fingerprint density at radius 3 is 2.24 bits per heavy atom. The minimum absolute atomic E-state index is 0.0679. The van der Waals surface area contributed by atoms with E-state index in [1.54, 1.807) is 23.9 Å². The van der Waals surface area contributed by atoms with Crippen LogP contribution in [-0.4, -0.2) is 33.6 Å². The Morgan fingerprint density at radius 1 is 0.941 bits per heavy atom. The van der Waals surface area contributed by atoms with Crippen molar-refractivity contribution >= 4 is 22.1 Å².